The lowest BCUT2D eigenvalue weighted by Gasteiger charge is -2.02. The minimum absolute atomic E-state index is 0.417. The summed E-state index contributed by atoms with van der Waals surface area (Å²) in [6, 6.07) is 0. The van der Waals surface area contributed by atoms with E-state index in [1.54, 1.807) is 5.43 Å². The monoisotopic (exact) mass is 150 g/mol. The van der Waals surface area contributed by atoms with Gasteiger partial charge in [0.1, 0.15) is 5.84 Å². The van der Waals surface area contributed by atoms with Crippen LogP contribution in [0.5, 0.6) is 0 Å². The number of alkyl halides is 1. The minimum Gasteiger partial charge on any atom is -0.386 e. The van der Waals surface area contributed by atoms with E-state index < -0.39 is 17.1 Å². The minimum atomic E-state index is -1.16. The number of hydrogen-bond acceptors (Lipinski definition) is 3. The second kappa shape index (κ2) is 3.26. The third-order valence-electron chi connectivity index (χ3n) is 0.646. The normalized spacial score (nSPS) is 12.2. The number of carbonyl (C=O) groups is 1. The summed E-state index contributed by atoms with van der Waals surface area (Å²) in [6.07, 6.45) is 0. The Morgan fingerprint density at radius 2 is 2.22 bits per heavy atom. The van der Waals surface area contributed by atoms with Crippen molar-refractivity contribution < 1.29 is 4.79 Å². The molecular formula is C3H7ClN4O. The van der Waals surface area contributed by atoms with Gasteiger partial charge < -0.3 is 5.73 Å². The molecule has 1 amide bonds. The summed E-state index contributed by atoms with van der Waals surface area (Å²) in [7, 11) is 0. The Morgan fingerprint density at radius 3 is 2.33 bits per heavy atom. The number of hydrazine groups is 1. The van der Waals surface area contributed by atoms with Crippen LogP contribution in [0.25, 0.3) is 0 Å². The van der Waals surface area contributed by atoms with Gasteiger partial charge in [0.05, 0.1) is 0 Å². The third kappa shape index (κ3) is 2.29. The van der Waals surface area contributed by atoms with Crippen LogP contribution in [0.4, 0.5) is 0 Å². The Hall–Kier alpha value is -0.810. The summed E-state index contributed by atoms with van der Waals surface area (Å²) < 4.78 is 0. The summed E-state index contributed by atoms with van der Waals surface area (Å²) in [4.78, 5) is 10.4. The fourth-order valence-electron chi connectivity index (χ4n) is 0.214. The van der Waals surface area contributed by atoms with Gasteiger partial charge in [-0.1, -0.05) is 0 Å². The molecule has 9 heavy (non-hydrogen) atoms. The molecule has 6 N–H and O–H groups in total. The molecule has 0 aliphatic heterocycles. The van der Waals surface area contributed by atoms with Crippen LogP contribution in [0, 0.1) is 5.41 Å². The van der Waals surface area contributed by atoms with E-state index >= 15 is 0 Å². The lowest BCUT2D eigenvalue weighted by Crippen LogP contribution is -2.42. The predicted molar refractivity (Wildman–Crippen MR) is 33.9 cm³/mol. The number of nitrogens with two attached hydrogens (primary N) is 2. The van der Waals surface area contributed by atoms with Gasteiger partial charge in [0.2, 0.25) is 0 Å². The standard InChI is InChI=1S/C3H7ClN4O/c4-1(2(5)6)3(9)8-7/h1H,7H2,(H3,5,6)(H,8,9). The number of hydrogen-bond donors (Lipinski definition) is 4. The Morgan fingerprint density at radius 1 is 1.78 bits per heavy atom. The number of rotatable bonds is 2. The smallest absolute Gasteiger partial charge is 0.259 e. The molecule has 1 atom stereocenters. The zero-order chi connectivity index (χ0) is 7.44. The lowest BCUT2D eigenvalue weighted by molar-refractivity contribution is -0.119. The molecule has 1 unspecified atom stereocenters. The molecule has 0 spiro atoms. The van der Waals surface area contributed by atoms with Gasteiger partial charge in [0.25, 0.3) is 5.91 Å². The van der Waals surface area contributed by atoms with Crippen molar-refractivity contribution in [3.63, 3.8) is 0 Å². The largest absolute Gasteiger partial charge is 0.386 e. The van der Waals surface area contributed by atoms with Crippen molar-refractivity contribution in [3.05, 3.63) is 0 Å². The van der Waals surface area contributed by atoms with Crippen LogP contribution in [0.1, 0.15) is 0 Å². The van der Waals surface area contributed by atoms with E-state index in [0.717, 1.165) is 0 Å². The molecule has 0 aromatic carbocycles. The first kappa shape index (κ1) is 8.19. The van der Waals surface area contributed by atoms with Gasteiger partial charge >= 0.3 is 0 Å². The van der Waals surface area contributed by atoms with Gasteiger partial charge in [-0.05, 0) is 0 Å². The highest BCUT2D eigenvalue weighted by Gasteiger charge is 2.15. The number of halogens is 1. The summed E-state index contributed by atoms with van der Waals surface area (Å²) in [5.74, 6) is 3.58. The molecule has 0 bridgehead atoms. The molecule has 0 aromatic rings. The Balaban J connectivity index is 3.88. The molecule has 0 rings (SSSR count). The van der Waals surface area contributed by atoms with Crippen LogP contribution in [0.15, 0.2) is 0 Å². The zero-order valence-corrected chi connectivity index (χ0v) is 5.27. The highest BCUT2D eigenvalue weighted by molar-refractivity contribution is 6.41. The van der Waals surface area contributed by atoms with E-state index in [4.69, 9.17) is 22.7 Å². The Bertz CT molecular complexity index is 136. The van der Waals surface area contributed by atoms with Gasteiger partial charge in [-0.15, -0.1) is 11.6 Å². The molecule has 0 aliphatic rings. The number of carbonyl (C=O) groups excluding carboxylic acids is 1. The van der Waals surface area contributed by atoms with Gasteiger partial charge in [-0.2, -0.15) is 0 Å². The van der Waals surface area contributed by atoms with Crippen molar-refractivity contribution in [1.82, 2.24) is 5.43 Å². The summed E-state index contributed by atoms with van der Waals surface area (Å²) >= 11 is 5.22. The van der Waals surface area contributed by atoms with Crippen LogP contribution in [0.2, 0.25) is 0 Å². The maximum absolute atomic E-state index is 10.4. The average molecular weight is 151 g/mol. The van der Waals surface area contributed by atoms with Crippen molar-refractivity contribution >= 4 is 23.3 Å². The van der Waals surface area contributed by atoms with E-state index in [1.807, 2.05) is 0 Å². The summed E-state index contributed by atoms with van der Waals surface area (Å²) in [5.41, 5.74) is 6.60. The molecular weight excluding hydrogens is 144 g/mol. The van der Waals surface area contributed by atoms with Crippen LogP contribution < -0.4 is 17.0 Å². The molecule has 0 saturated carbocycles. The van der Waals surface area contributed by atoms with Crippen molar-refractivity contribution in [2.24, 2.45) is 11.6 Å². The molecule has 0 heterocycles. The number of nitrogens with one attached hydrogen (secondary N) is 2. The van der Waals surface area contributed by atoms with Crippen LogP contribution >= 0.6 is 11.6 Å². The third-order valence-corrected chi connectivity index (χ3v) is 1.08. The Kier molecular flexibility index (Phi) is 2.97. The Labute approximate surface area is 56.8 Å². The van der Waals surface area contributed by atoms with Gasteiger partial charge in [-0.25, -0.2) is 5.84 Å². The van der Waals surface area contributed by atoms with Crippen molar-refractivity contribution in [1.29, 1.82) is 5.41 Å². The molecule has 52 valence electrons. The zero-order valence-electron chi connectivity index (χ0n) is 4.52. The average Bonchev–Trinajstić information content (AvgIpc) is 1.84. The number of amidine groups is 1. The fourth-order valence-corrected chi connectivity index (χ4v) is 0.277. The summed E-state index contributed by atoms with van der Waals surface area (Å²) in [6.45, 7) is 0. The highest BCUT2D eigenvalue weighted by atomic mass is 35.5. The molecule has 0 saturated heterocycles. The maximum atomic E-state index is 10.4. The van der Waals surface area contributed by atoms with Crippen molar-refractivity contribution in [2.75, 3.05) is 0 Å². The lowest BCUT2D eigenvalue weighted by atomic mass is 10.4. The second-order valence-electron chi connectivity index (χ2n) is 1.33. The van der Waals surface area contributed by atoms with Crippen molar-refractivity contribution in [2.45, 2.75) is 5.38 Å². The topological polar surface area (TPSA) is 105 Å². The summed E-state index contributed by atoms with van der Waals surface area (Å²) in [5, 5.41) is 5.51. The van der Waals surface area contributed by atoms with E-state index in [-0.39, 0.29) is 0 Å². The molecule has 0 radical (unpaired) electrons. The first-order valence-corrected chi connectivity index (χ1v) is 2.51. The molecule has 6 heteroatoms. The first-order valence-electron chi connectivity index (χ1n) is 2.08. The molecule has 5 nitrogen and oxygen atoms in total. The molecule has 0 fully saturated rings. The molecule has 0 aliphatic carbocycles. The van der Waals surface area contributed by atoms with E-state index in [0.29, 0.717) is 0 Å². The van der Waals surface area contributed by atoms with Gasteiger partial charge in [-0.3, -0.25) is 15.6 Å². The second-order valence-corrected chi connectivity index (χ2v) is 1.76. The van der Waals surface area contributed by atoms with Crippen LogP contribution in [-0.4, -0.2) is 17.1 Å². The number of amides is 1. The van der Waals surface area contributed by atoms with E-state index in [2.05, 4.69) is 5.84 Å². The van der Waals surface area contributed by atoms with Crippen molar-refractivity contribution in [3.8, 4) is 0 Å². The highest BCUT2D eigenvalue weighted by Crippen LogP contribution is 1.91. The van der Waals surface area contributed by atoms with Gasteiger partial charge in [0.15, 0.2) is 5.38 Å². The fraction of sp³-hybridized carbons (Fsp3) is 0.333. The van der Waals surface area contributed by atoms with E-state index in [9.17, 15) is 4.79 Å². The predicted octanol–water partition coefficient (Wildman–Crippen LogP) is -1.48. The first-order chi connectivity index (χ1) is 4.09. The maximum Gasteiger partial charge on any atom is 0.259 e. The quantitative estimate of drug-likeness (QED) is 0.0964. The van der Waals surface area contributed by atoms with E-state index in [1.165, 1.54) is 0 Å². The van der Waals surface area contributed by atoms with Crippen LogP contribution in [-0.2, 0) is 4.79 Å². The SMILES string of the molecule is N=C(N)C(Cl)C(=O)NN. The van der Waals surface area contributed by atoms with Gasteiger partial charge in [0, 0.05) is 0 Å². The van der Waals surface area contributed by atoms with Crippen LogP contribution in [0.3, 0.4) is 0 Å². The molecule has 0 aromatic heterocycles.